The Balaban J connectivity index is 2.26. The Morgan fingerprint density at radius 2 is 2.15 bits per heavy atom. The number of hydrogen-bond donors (Lipinski definition) is 1. The van der Waals surface area contributed by atoms with Crippen molar-refractivity contribution >= 4 is 5.97 Å². The van der Waals surface area contributed by atoms with Crippen molar-refractivity contribution in [3.05, 3.63) is 53.7 Å². The van der Waals surface area contributed by atoms with Crippen LogP contribution in [0.15, 0.2) is 42.6 Å². The third kappa shape index (κ3) is 3.22. The van der Waals surface area contributed by atoms with Crippen LogP contribution >= 0.6 is 0 Å². The van der Waals surface area contributed by atoms with Gasteiger partial charge in [0.2, 0.25) is 0 Å². The summed E-state index contributed by atoms with van der Waals surface area (Å²) in [5, 5.41) is 0. The summed E-state index contributed by atoms with van der Waals surface area (Å²) in [5.74, 6) is -0.351. The minimum atomic E-state index is -0.351. The first-order chi connectivity index (χ1) is 9.61. The molecule has 0 amide bonds. The molecule has 1 heterocycles. The van der Waals surface area contributed by atoms with Gasteiger partial charge in [-0.2, -0.15) is 0 Å². The fraction of sp³-hybridized carbons (Fsp3) is 0.250. The predicted molar refractivity (Wildman–Crippen MR) is 78.2 cm³/mol. The summed E-state index contributed by atoms with van der Waals surface area (Å²) in [7, 11) is 0. The van der Waals surface area contributed by atoms with Gasteiger partial charge in [-0.05, 0) is 37.6 Å². The third-order valence-electron chi connectivity index (χ3n) is 2.98. The van der Waals surface area contributed by atoms with Crippen LogP contribution in [0.4, 0.5) is 0 Å². The van der Waals surface area contributed by atoms with E-state index in [2.05, 4.69) is 4.98 Å². The van der Waals surface area contributed by atoms with E-state index < -0.39 is 0 Å². The monoisotopic (exact) mass is 270 g/mol. The predicted octanol–water partition coefficient (Wildman–Crippen LogP) is 2.95. The summed E-state index contributed by atoms with van der Waals surface area (Å²) in [6, 6.07) is 11.4. The Hall–Kier alpha value is -2.20. The van der Waals surface area contributed by atoms with Crippen LogP contribution in [-0.4, -0.2) is 17.6 Å². The van der Waals surface area contributed by atoms with Crippen LogP contribution in [-0.2, 0) is 4.74 Å². The second-order valence-corrected chi connectivity index (χ2v) is 4.57. The number of carbonyl (C=O) groups excluding carboxylic acids is 1. The Kier molecular flexibility index (Phi) is 4.48. The maximum Gasteiger partial charge on any atom is 0.339 e. The van der Waals surface area contributed by atoms with E-state index in [9.17, 15) is 4.79 Å². The molecule has 4 heteroatoms. The summed E-state index contributed by atoms with van der Waals surface area (Å²) in [5.41, 5.74) is 9.18. The highest BCUT2D eigenvalue weighted by Crippen LogP contribution is 2.21. The molecule has 0 saturated carbocycles. The Morgan fingerprint density at radius 3 is 2.75 bits per heavy atom. The normalized spacial score (nSPS) is 11.9. The summed E-state index contributed by atoms with van der Waals surface area (Å²) in [6.45, 7) is 4.08. The molecule has 1 unspecified atom stereocenters. The van der Waals surface area contributed by atoms with E-state index in [1.165, 1.54) is 6.20 Å². The van der Waals surface area contributed by atoms with Crippen molar-refractivity contribution in [3.63, 3.8) is 0 Å². The van der Waals surface area contributed by atoms with E-state index in [4.69, 9.17) is 10.5 Å². The van der Waals surface area contributed by atoms with Gasteiger partial charge in [-0.15, -0.1) is 0 Å². The van der Waals surface area contributed by atoms with Crippen LogP contribution in [0.3, 0.4) is 0 Å². The zero-order valence-electron chi connectivity index (χ0n) is 11.7. The molecule has 0 aliphatic rings. The second kappa shape index (κ2) is 6.30. The molecular formula is C16H18N2O2. The van der Waals surface area contributed by atoms with Crippen molar-refractivity contribution in [1.82, 2.24) is 4.98 Å². The number of rotatable bonds is 4. The molecule has 20 heavy (non-hydrogen) atoms. The van der Waals surface area contributed by atoms with Crippen molar-refractivity contribution < 1.29 is 9.53 Å². The SMILES string of the molecule is CCOC(=O)c1ccc(-c2cccc(C(C)N)c2)nc1. The average Bonchev–Trinajstić information content (AvgIpc) is 2.48. The number of nitrogens with two attached hydrogens (primary N) is 1. The second-order valence-electron chi connectivity index (χ2n) is 4.57. The third-order valence-corrected chi connectivity index (χ3v) is 2.98. The molecule has 104 valence electrons. The van der Waals surface area contributed by atoms with Gasteiger partial charge in [0.15, 0.2) is 0 Å². The van der Waals surface area contributed by atoms with Crippen LogP contribution in [0.25, 0.3) is 11.3 Å². The zero-order valence-corrected chi connectivity index (χ0v) is 11.7. The summed E-state index contributed by atoms with van der Waals surface area (Å²) in [4.78, 5) is 15.9. The quantitative estimate of drug-likeness (QED) is 0.867. The summed E-state index contributed by atoms with van der Waals surface area (Å²) < 4.78 is 4.93. The molecule has 0 aliphatic carbocycles. The number of carbonyl (C=O) groups is 1. The highest BCUT2D eigenvalue weighted by molar-refractivity contribution is 5.89. The molecule has 1 aromatic heterocycles. The van der Waals surface area contributed by atoms with Gasteiger partial charge >= 0.3 is 5.97 Å². The molecule has 1 aromatic carbocycles. The van der Waals surface area contributed by atoms with E-state index in [1.54, 1.807) is 13.0 Å². The minimum absolute atomic E-state index is 0.0197. The van der Waals surface area contributed by atoms with Crippen LogP contribution in [0.1, 0.15) is 35.8 Å². The highest BCUT2D eigenvalue weighted by Gasteiger charge is 2.08. The molecule has 2 rings (SSSR count). The molecule has 1 atom stereocenters. The van der Waals surface area contributed by atoms with Crippen molar-refractivity contribution in [2.75, 3.05) is 6.61 Å². The molecule has 2 N–H and O–H groups in total. The Morgan fingerprint density at radius 1 is 1.35 bits per heavy atom. The number of hydrogen-bond acceptors (Lipinski definition) is 4. The van der Waals surface area contributed by atoms with E-state index in [0.29, 0.717) is 12.2 Å². The fourth-order valence-corrected chi connectivity index (χ4v) is 1.88. The molecule has 0 saturated heterocycles. The highest BCUT2D eigenvalue weighted by atomic mass is 16.5. The number of ether oxygens (including phenoxy) is 1. The fourth-order valence-electron chi connectivity index (χ4n) is 1.88. The first kappa shape index (κ1) is 14.2. The van der Waals surface area contributed by atoms with Crippen molar-refractivity contribution in [2.24, 2.45) is 5.73 Å². The van der Waals surface area contributed by atoms with Crippen LogP contribution in [0.2, 0.25) is 0 Å². The summed E-state index contributed by atoms with van der Waals surface area (Å²) in [6.07, 6.45) is 1.53. The molecule has 0 radical (unpaired) electrons. The Bertz CT molecular complexity index is 592. The van der Waals surface area contributed by atoms with E-state index in [-0.39, 0.29) is 12.0 Å². The lowest BCUT2D eigenvalue weighted by molar-refractivity contribution is 0.0526. The molecule has 4 nitrogen and oxygen atoms in total. The van der Waals surface area contributed by atoms with Gasteiger partial charge in [0.25, 0.3) is 0 Å². The summed E-state index contributed by atoms with van der Waals surface area (Å²) >= 11 is 0. The van der Waals surface area contributed by atoms with Crippen molar-refractivity contribution in [2.45, 2.75) is 19.9 Å². The number of nitrogens with zero attached hydrogens (tertiary/aromatic N) is 1. The van der Waals surface area contributed by atoms with E-state index in [0.717, 1.165) is 16.8 Å². The van der Waals surface area contributed by atoms with Crippen molar-refractivity contribution in [3.8, 4) is 11.3 Å². The first-order valence-corrected chi connectivity index (χ1v) is 6.61. The topological polar surface area (TPSA) is 65.2 Å². The number of aromatic nitrogens is 1. The van der Waals surface area contributed by atoms with Gasteiger partial charge in [-0.3, -0.25) is 4.98 Å². The molecular weight excluding hydrogens is 252 g/mol. The van der Waals surface area contributed by atoms with Crippen LogP contribution < -0.4 is 5.73 Å². The first-order valence-electron chi connectivity index (χ1n) is 6.61. The van der Waals surface area contributed by atoms with Crippen LogP contribution in [0.5, 0.6) is 0 Å². The van der Waals surface area contributed by atoms with Gasteiger partial charge in [-0.25, -0.2) is 4.79 Å². The molecule has 0 aliphatic heterocycles. The largest absolute Gasteiger partial charge is 0.462 e. The maximum atomic E-state index is 11.6. The van der Waals surface area contributed by atoms with Gasteiger partial charge in [-0.1, -0.05) is 18.2 Å². The molecule has 2 aromatic rings. The number of pyridine rings is 1. The smallest absolute Gasteiger partial charge is 0.339 e. The minimum Gasteiger partial charge on any atom is -0.462 e. The standard InChI is InChI=1S/C16H18N2O2/c1-3-20-16(19)14-7-8-15(18-10-14)13-6-4-5-12(9-13)11(2)17/h4-11H,3,17H2,1-2H3. The molecule has 0 bridgehead atoms. The maximum absolute atomic E-state index is 11.6. The van der Waals surface area contributed by atoms with Crippen LogP contribution in [0, 0.1) is 0 Å². The lowest BCUT2D eigenvalue weighted by Crippen LogP contribution is -2.05. The van der Waals surface area contributed by atoms with Crippen molar-refractivity contribution in [1.29, 1.82) is 0 Å². The van der Waals surface area contributed by atoms with Gasteiger partial charge in [0.1, 0.15) is 0 Å². The average molecular weight is 270 g/mol. The van der Waals surface area contributed by atoms with E-state index in [1.807, 2.05) is 37.3 Å². The molecule has 0 spiro atoms. The Labute approximate surface area is 118 Å². The lowest BCUT2D eigenvalue weighted by atomic mass is 10.0. The molecule has 0 fully saturated rings. The van der Waals surface area contributed by atoms with E-state index >= 15 is 0 Å². The lowest BCUT2D eigenvalue weighted by Gasteiger charge is -2.08. The van der Waals surface area contributed by atoms with Gasteiger partial charge in [0, 0.05) is 17.8 Å². The van der Waals surface area contributed by atoms with Gasteiger partial charge < -0.3 is 10.5 Å². The van der Waals surface area contributed by atoms with Gasteiger partial charge in [0.05, 0.1) is 17.9 Å². The number of esters is 1. The number of benzene rings is 1. The zero-order chi connectivity index (χ0) is 14.5.